The minimum absolute atomic E-state index is 0.303. The number of ether oxygens (including phenoxy) is 1. The lowest BCUT2D eigenvalue weighted by Gasteiger charge is -2.22. The second kappa shape index (κ2) is 7.09. The molecule has 0 radical (unpaired) electrons. The largest absolute Gasteiger partial charge is 0.494 e. The molecule has 1 aliphatic rings. The van der Waals surface area contributed by atoms with Crippen LogP contribution in [0.5, 0.6) is 5.75 Å². The Morgan fingerprint density at radius 2 is 2.05 bits per heavy atom. The number of hydrogen-bond donors (Lipinski definition) is 1. The molecule has 1 aromatic carbocycles. The maximum Gasteiger partial charge on any atom is 0.182 e. The predicted octanol–water partition coefficient (Wildman–Crippen LogP) is 2.39. The third-order valence-corrected chi connectivity index (χ3v) is 5.82. The summed E-state index contributed by atoms with van der Waals surface area (Å²) in [5.74, 6) is 0.735. The summed E-state index contributed by atoms with van der Waals surface area (Å²) in [5.41, 5.74) is 0. The second-order valence-corrected chi connectivity index (χ2v) is 7.41. The van der Waals surface area contributed by atoms with Crippen molar-refractivity contribution in [3.63, 3.8) is 0 Å². The van der Waals surface area contributed by atoms with Crippen molar-refractivity contribution in [2.24, 2.45) is 0 Å². The molecule has 0 bridgehead atoms. The van der Waals surface area contributed by atoms with Crippen molar-refractivity contribution < 1.29 is 13.2 Å². The van der Waals surface area contributed by atoms with Crippen LogP contribution in [0.4, 0.5) is 0 Å². The van der Waals surface area contributed by atoms with Crippen molar-refractivity contribution >= 4 is 9.84 Å². The van der Waals surface area contributed by atoms with Gasteiger partial charge in [-0.1, -0.05) is 13.3 Å². The van der Waals surface area contributed by atoms with Gasteiger partial charge in [-0.3, -0.25) is 0 Å². The van der Waals surface area contributed by atoms with Gasteiger partial charge in [-0.2, -0.15) is 0 Å². The molecule has 20 heavy (non-hydrogen) atoms. The summed E-state index contributed by atoms with van der Waals surface area (Å²) >= 11 is 0. The minimum Gasteiger partial charge on any atom is -0.494 e. The molecule has 0 aliphatic carbocycles. The Hall–Kier alpha value is -1.07. The lowest BCUT2D eigenvalue weighted by Crippen LogP contribution is -2.38. The van der Waals surface area contributed by atoms with Crippen LogP contribution in [0, 0.1) is 0 Å². The fraction of sp³-hybridized carbons (Fsp3) is 0.600. The highest BCUT2D eigenvalue weighted by atomic mass is 32.2. The molecule has 0 amide bonds. The first-order chi connectivity index (χ1) is 9.64. The summed E-state index contributed by atoms with van der Waals surface area (Å²) in [5, 5.41) is 2.85. The first-order valence-corrected chi connectivity index (χ1v) is 8.86. The highest BCUT2D eigenvalue weighted by Gasteiger charge is 2.28. The maximum absolute atomic E-state index is 12.5. The predicted molar refractivity (Wildman–Crippen MR) is 79.9 cm³/mol. The van der Waals surface area contributed by atoms with Gasteiger partial charge in [0.2, 0.25) is 0 Å². The molecule has 1 aromatic rings. The third-order valence-electron chi connectivity index (χ3n) is 3.61. The van der Waals surface area contributed by atoms with E-state index in [0.717, 1.165) is 38.0 Å². The topological polar surface area (TPSA) is 55.4 Å². The van der Waals surface area contributed by atoms with Crippen LogP contribution >= 0.6 is 0 Å². The summed E-state index contributed by atoms with van der Waals surface area (Å²) in [4.78, 5) is 0.397. The third kappa shape index (κ3) is 3.73. The van der Waals surface area contributed by atoms with Gasteiger partial charge in [0.1, 0.15) is 5.75 Å². The molecule has 5 heteroatoms. The SMILES string of the molecule is CCCCOc1ccc(S(=O)(=O)C2CCCNC2)cc1. The van der Waals surface area contributed by atoms with Gasteiger partial charge in [0.25, 0.3) is 0 Å². The molecule has 4 nitrogen and oxygen atoms in total. The van der Waals surface area contributed by atoms with E-state index in [4.69, 9.17) is 4.74 Å². The highest BCUT2D eigenvalue weighted by molar-refractivity contribution is 7.92. The van der Waals surface area contributed by atoms with Crippen molar-refractivity contribution in [1.29, 1.82) is 0 Å². The van der Waals surface area contributed by atoms with E-state index in [-0.39, 0.29) is 5.25 Å². The number of sulfone groups is 1. The van der Waals surface area contributed by atoms with Gasteiger partial charge >= 0.3 is 0 Å². The van der Waals surface area contributed by atoms with Crippen LogP contribution < -0.4 is 10.1 Å². The van der Waals surface area contributed by atoms with Crippen LogP contribution in [0.3, 0.4) is 0 Å². The molecule has 1 unspecified atom stereocenters. The molecule has 1 heterocycles. The molecular formula is C15H23NO3S. The Labute approximate surface area is 121 Å². The Bertz CT molecular complexity index is 504. The minimum atomic E-state index is -3.22. The van der Waals surface area contributed by atoms with Crippen LogP contribution in [0.2, 0.25) is 0 Å². The van der Waals surface area contributed by atoms with Crippen molar-refractivity contribution in [1.82, 2.24) is 5.32 Å². The molecule has 1 fully saturated rings. The van der Waals surface area contributed by atoms with E-state index < -0.39 is 9.84 Å². The zero-order valence-corrected chi connectivity index (χ0v) is 12.8. The molecule has 0 spiro atoms. The van der Waals surface area contributed by atoms with Crippen LogP contribution in [0.25, 0.3) is 0 Å². The van der Waals surface area contributed by atoms with Crippen molar-refractivity contribution in [2.45, 2.75) is 42.8 Å². The fourth-order valence-electron chi connectivity index (χ4n) is 2.34. The van der Waals surface area contributed by atoms with E-state index in [9.17, 15) is 8.42 Å². The molecular weight excluding hydrogens is 274 g/mol. The smallest absolute Gasteiger partial charge is 0.182 e. The van der Waals surface area contributed by atoms with Gasteiger partial charge in [0.05, 0.1) is 16.8 Å². The standard InChI is InChI=1S/C15H23NO3S/c1-2-3-11-19-13-6-8-14(9-7-13)20(17,18)15-5-4-10-16-12-15/h6-9,15-16H,2-5,10-12H2,1H3. The number of rotatable bonds is 6. The summed E-state index contributed by atoms with van der Waals surface area (Å²) < 4.78 is 30.5. The Morgan fingerprint density at radius 1 is 1.30 bits per heavy atom. The number of piperidine rings is 1. The van der Waals surface area contributed by atoms with E-state index in [1.807, 2.05) is 0 Å². The lowest BCUT2D eigenvalue weighted by molar-refractivity contribution is 0.309. The Kier molecular flexibility index (Phi) is 5.43. The summed E-state index contributed by atoms with van der Waals surface area (Å²) in [7, 11) is -3.22. The normalized spacial score (nSPS) is 19.8. The van der Waals surface area contributed by atoms with Crippen molar-refractivity contribution in [3.05, 3.63) is 24.3 Å². The summed E-state index contributed by atoms with van der Waals surface area (Å²) in [6, 6.07) is 6.81. The number of nitrogens with one attached hydrogen (secondary N) is 1. The maximum atomic E-state index is 12.5. The Morgan fingerprint density at radius 3 is 2.65 bits per heavy atom. The molecule has 0 aromatic heterocycles. The Balaban J connectivity index is 2.04. The van der Waals surface area contributed by atoms with Crippen LogP contribution in [-0.4, -0.2) is 33.4 Å². The van der Waals surface area contributed by atoms with Crippen LogP contribution in [0.15, 0.2) is 29.2 Å². The number of unbranched alkanes of at least 4 members (excludes halogenated alkanes) is 1. The zero-order chi connectivity index (χ0) is 14.4. The lowest BCUT2D eigenvalue weighted by atomic mass is 10.2. The average Bonchev–Trinajstić information content (AvgIpc) is 2.49. The van der Waals surface area contributed by atoms with Gasteiger partial charge in [-0.05, 0) is 50.1 Å². The molecule has 0 saturated carbocycles. The molecule has 1 saturated heterocycles. The van der Waals surface area contributed by atoms with Crippen molar-refractivity contribution in [2.75, 3.05) is 19.7 Å². The van der Waals surface area contributed by atoms with E-state index in [2.05, 4.69) is 12.2 Å². The zero-order valence-electron chi connectivity index (χ0n) is 12.0. The van der Waals surface area contributed by atoms with Crippen LogP contribution in [-0.2, 0) is 9.84 Å². The molecule has 112 valence electrons. The van der Waals surface area contributed by atoms with Crippen molar-refractivity contribution in [3.8, 4) is 5.75 Å². The highest BCUT2D eigenvalue weighted by Crippen LogP contribution is 2.23. The van der Waals surface area contributed by atoms with E-state index >= 15 is 0 Å². The first kappa shape index (κ1) is 15.3. The monoisotopic (exact) mass is 297 g/mol. The average molecular weight is 297 g/mol. The first-order valence-electron chi connectivity index (χ1n) is 7.32. The number of benzene rings is 1. The summed E-state index contributed by atoms with van der Waals surface area (Å²) in [6.45, 7) is 4.25. The number of hydrogen-bond acceptors (Lipinski definition) is 4. The van der Waals surface area contributed by atoms with Gasteiger partial charge in [-0.15, -0.1) is 0 Å². The van der Waals surface area contributed by atoms with Gasteiger partial charge in [0.15, 0.2) is 9.84 Å². The van der Waals surface area contributed by atoms with Gasteiger partial charge in [0, 0.05) is 6.54 Å². The van der Waals surface area contributed by atoms with Crippen LogP contribution in [0.1, 0.15) is 32.6 Å². The van der Waals surface area contributed by atoms with Gasteiger partial charge in [-0.25, -0.2) is 8.42 Å². The molecule has 1 atom stereocenters. The summed E-state index contributed by atoms with van der Waals surface area (Å²) in [6.07, 6.45) is 3.75. The quantitative estimate of drug-likeness (QED) is 0.819. The molecule has 1 N–H and O–H groups in total. The fourth-order valence-corrected chi connectivity index (χ4v) is 4.05. The molecule has 1 aliphatic heterocycles. The van der Waals surface area contributed by atoms with E-state index in [1.54, 1.807) is 24.3 Å². The molecule has 2 rings (SSSR count). The van der Waals surface area contributed by atoms with Gasteiger partial charge < -0.3 is 10.1 Å². The van der Waals surface area contributed by atoms with E-state index in [1.165, 1.54) is 0 Å². The second-order valence-electron chi connectivity index (χ2n) is 5.19. The van der Waals surface area contributed by atoms with E-state index in [0.29, 0.717) is 18.0 Å².